The first kappa shape index (κ1) is 26.0. The Morgan fingerprint density at radius 2 is 1.90 bits per heavy atom. The Morgan fingerprint density at radius 3 is 2.71 bits per heavy atom. The third-order valence-corrected chi connectivity index (χ3v) is 8.51. The zero-order chi connectivity index (χ0) is 29.0. The molecule has 5 heterocycles. The van der Waals surface area contributed by atoms with Gasteiger partial charge in [0, 0.05) is 60.5 Å². The van der Waals surface area contributed by atoms with Gasteiger partial charge in [0.1, 0.15) is 23.3 Å². The number of nitrogens with zero attached hydrogens (tertiary/aromatic N) is 7. The maximum absolute atomic E-state index is 12.8. The van der Waals surface area contributed by atoms with Crippen LogP contribution in [0, 0.1) is 11.3 Å². The third kappa shape index (κ3) is 4.14. The molecule has 1 atom stereocenters. The lowest BCUT2D eigenvalue weighted by atomic mass is 9.95. The lowest BCUT2D eigenvalue weighted by Crippen LogP contribution is -2.38. The number of para-hydroxylation sites is 1. The molecule has 1 aromatic carbocycles. The normalized spacial score (nSPS) is 18.0. The summed E-state index contributed by atoms with van der Waals surface area (Å²) in [6.45, 7) is 3.37. The Balaban J connectivity index is 1.43. The van der Waals surface area contributed by atoms with Crippen molar-refractivity contribution in [3.05, 3.63) is 69.1 Å². The monoisotopic (exact) mass is 561 g/mol. The minimum atomic E-state index is -0.0890. The van der Waals surface area contributed by atoms with Gasteiger partial charge in [0.05, 0.1) is 24.8 Å². The van der Waals surface area contributed by atoms with Gasteiger partial charge in [-0.2, -0.15) is 15.2 Å². The van der Waals surface area contributed by atoms with Gasteiger partial charge in [-0.15, -0.1) is 0 Å². The Bertz CT molecular complexity index is 1870. The zero-order valence-electron chi connectivity index (χ0n) is 23.4. The summed E-state index contributed by atoms with van der Waals surface area (Å²) in [6.07, 6.45) is 8.42. The van der Waals surface area contributed by atoms with Gasteiger partial charge in [-0.25, -0.2) is 4.98 Å². The van der Waals surface area contributed by atoms with E-state index in [9.17, 15) is 10.1 Å². The highest BCUT2D eigenvalue weighted by molar-refractivity contribution is 5.97. The minimum absolute atomic E-state index is 0.0345. The quantitative estimate of drug-likeness (QED) is 0.380. The Labute approximate surface area is 242 Å². The lowest BCUT2D eigenvalue weighted by Gasteiger charge is -2.34. The number of ether oxygens (including phenoxy) is 1. The number of pyridine rings is 2. The molecule has 11 heteroatoms. The van der Waals surface area contributed by atoms with Gasteiger partial charge in [0.15, 0.2) is 5.82 Å². The van der Waals surface area contributed by atoms with Crippen LogP contribution in [-0.4, -0.2) is 52.4 Å². The second kappa shape index (κ2) is 10.2. The van der Waals surface area contributed by atoms with Crippen LogP contribution in [0.25, 0.3) is 28.1 Å². The molecule has 3 aliphatic rings. The fourth-order valence-electron chi connectivity index (χ4n) is 6.55. The van der Waals surface area contributed by atoms with Gasteiger partial charge in [-0.05, 0) is 30.9 Å². The van der Waals surface area contributed by atoms with E-state index in [1.54, 1.807) is 11.6 Å². The number of allylic oxidation sites excluding steroid dienone is 1. The highest BCUT2D eigenvalue weighted by Gasteiger charge is 2.34. The van der Waals surface area contributed by atoms with Crippen LogP contribution in [0.2, 0.25) is 0 Å². The molecule has 0 radical (unpaired) electrons. The van der Waals surface area contributed by atoms with Crippen molar-refractivity contribution in [1.29, 1.82) is 5.26 Å². The topological polar surface area (TPSA) is 152 Å². The summed E-state index contributed by atoms with van der Waals surface area (Å²) >= 11 is 0. The number of benzene rings is 1. The van der Waals surface area contributed by atoms with Crippen LogP contribution in [-0.2, 0) is 18.2 Å². The van der Waals surface area contributed by atoms with E-state index < -0.39 is 0 Å². The molecule has 2 saturated heterocycles. The predicted molar refractivity (Wildman–Crippen MR) is 163 cm³/mol. The van der Waals surface area contributed by atoms with Crippen LogP contribution < -0.4 is 26.8 Å². The molecule has 7 rings (SSSR count). The molecule has 0 spiro atoms. The van der Waals surface area contributed by atoms with Crippen molar-refractivity contribution in [3.63, 3.8) is 0 Å². The molecule has 0 saturated carbocycles. The Morgan fingerprint density at radius 1 is 1.07 bits per heavy atom. The van der Waals surface area contributed by atoms with E-state index in [-0.39, 0.29) is 28.9 Å². The summed E-state index contributed by atoms with van der Waals surface area (Å²) in [5, 5.41) is 10.9. The SMILES string of the molecule is Cn1cc(-c2cccc3cc([C@@H]4CCCN4c4nc(N)nc(N)c4C#N)c(N4CCOCC4)nc23)c2c(c1=O)CC=C2. The Hall–Kier alpha value is -4.95. The molecule has 4 aromatic rings. The number of anilines is 4. The van der Waals surface area contributed by atoms with Gasteiger partial charge in [0.2, 0.25) is 5.95 Å². The second-order valence-electron chi connectivity index (χ2n) is 11.0. The predicted octanol–water partition coefficient (Wildman–Crippen LogP) is 3.17. The van der Waals surface area contributed by atoms with Gasteiger partial charge in [-0.3, -0.25) is 4.79 Å². The molecule has 11 nitrogen and oxygen atoms in total. The summed E-state index contributed by atoms with van der Waals surface area (Å²) in [5.74, 6) is 1.47. The molecule has 4 N–H and O–H groups in total. The van der Waals surface area contributed by atoms with E-state index in [1.807, 2.05) is 24.4 Å². The first-order chi connectivity index (χ1) is 20.4. The fourth-order valence-corrected chi connectivity index (χ4v) is 6.55. The van der Waals surface area contributed by atoms with E-state index in [2.05, 4.69) is 44.0 Å². The minimum Gasteiger partial charge on any atom is -0.382 e. The molecular formula is C31H31N9O2. The third-order valence-electron chi connectivity index (χ3n) is 8.51. The molecule has 0 bridgehead atoms. The van der Waals surface area contributed by atoms with Crippen molar-refractivity contribution in [2.24, 2.45) is 7.05 Å². The van der Waals surface area contributed by atoms with E-state index in [1.165, 1.54) is 0 Å². The average Bonchev–Trinajstić information content (AvgIpc) is 3.69. The summed E-state index contributed by atoms with van der Waals surface area (Å²) in [5.41, 5.74) is 18.0. The van der Waals surface area contributed by atoms with Crippen LogP contribution in [0.5, 0.6) is 0 Å². The van der Waals surface area contributed by atoms with Crippen molar-refractivity contribution in [3.8, 4) is 17.2 Å². The molecule has 3 aromatic heterocycles. The number of morpholine rings is 1. The molecule has 0 unspecified atom stereocenters. The van der Waals surface area contributed by atoms with Crippen LogP contribution in [0.3, 0.4) is 0 Å². The number of aromatic nitrogens is 4. The van der Waals surface area contributed by atoms with Crippen molar-refractivity contribution in [2.75, 3.05) is 54.1 Å². The Kier molecular flexibility index (Phi) is 6.28. The van der Waals surface area contributed by atoms with Crippen molar-refractivity contribution < 1.29 is 4.74 Å². The molecule has 212 valence electrons. The number of hydrogen-bond donors (Lipinski definition) is 2. The highest BCUT2D eigenvalue weighted by Crippen LogP contribution is 2.43. The summed E-state index contributed by atoms with van der Waals surface area (Å²) in [7, 11) is 1.80. The van der Waals surface area contributed by atoms with Crippen molar-refractivity contribution in [2.45, 2.75) is 25.3 Å². The van der Waals surface area contributed by atoms with Gasteiger partial charge in [-0.1, -0.05) is 30.4 Å². The summed E-state index contributed by atoms with van der Waals surface area (Å²) in [6, 6.07) is 10.5. The first-order valence-corrected chi connectivity index (χ1v) is 14.2. The largest absolute Gasteiger partial charge is 0.382 e. The number of rotatable bonds is 4. The maximum Gasteiger partial charge on any atom is 0.254 e. The molecule has 42 heavy (non-hydrogen) atoms. The van der Waals surface area contributed by atoms with Gasteiger partial charge < -0.3 is 30.6 Å². The number of nitrogens with two attached hydrogens (primary N) is 2. The van der Waals surface area contributed by atoms with Crippen LogP contribution in [0.4, 0.5) is 23.4 Å². The number of aryl methyl sites for hydroxylation is 1. The van der Waals surface area contributed by atoms with E-state index >= 15 is 0 Å². The number of hydrogen-bond acceptors (Lipinski definition) is 10. The van der Waals surface area contributed by atoms with Crippen molar-refractivity contribution >= 4 is 40.4 Å². The number of fused-ring (bicyclic) bond motifs is 2. The zero-order valence-corrected chi connectivity index (χ0v) is 23.4. The summed E-state index contributed by atoms with van der Waals surface area (Å²) in [4.78, 5) is 31.1. The lowest BCUT2D eigenvalue weighted by molar-refractivity contribution is 0.122. The van der Waals surface area contributed by atoms with E-state index in [4.69, 9.17) is 21.2 Å². The smallest absolute Gasteiger partial charge is 0.254 e. The highest BCUT2D eigenvalue weighted by atomic mass is 16.5. The van der Waals surface area contributed by atoms with Gasteiger partial charge >= 0.3 is 0 Å². The van der Waals surface area contributed by atoms with Crippen LogP contribution in [0.1, 0.15) is 41.1 Å². The number of nitriles is 1. The molecule has 0 amide bonds. The van der Waals surface area contributed by atoms with Crippen LogP contribution >= 0.6 is 0 Å². The van der Waals surface area contributed by atoms with E-state index in [0.29, 0.717) is 32.0 Å². The molecular weight excluding hydrogens is 530 g/mol. The maximum atomic E-state index is 12.8. The van der Waals surface area contributed by atoms with E-state index in [0.717, 1.165) is 70.5 Å². The van der Waals surface area contributed by atoms with Crippen LogP contribution in [0.15, 0.2) is 41.3 Å². The average molecular weight is 562 g/mol. The fraction of sp³-hybridized carbons (Fsp3) is 0.323. The summed E-state index contributed by atoms with van der Waals surface area (Å²) < 4.78 is 7.35. The second-order valence-corrected chi connectivity index (χ2v) is 11.0. The standard InChI is InChI=1S/C31H31N9O2/c1-38-17-24(19-6-3-8-21(19)30(38)41)20-7-2-5-18-15-22(28(35-26(18)20)39-11-13-42-14-12-39)25-9-4-10-40(25)29-23(16-32)27(33)36-31(34)37-29/h2-3,5-7,15,17,25H,4,8-14H2,1H3,(H4,33,34,36,37)/t25-/m0/s1. The number of nitrogen functional groups attached to an aromatic ring is 2. The molecule has 2 aliphatic heterocycles. The van der Waals surface area contributed by atoms with Crippen molar-refractivity contribution in [1.82, 2.24) is 19.5 Å². The molecule has 1 aliphatic carbocycles. The molecule has 2 fully saturated rings. The van der Waals surface area contributed by atoms with Gasteiger partial charge in [0.25, 0.3) is 5.56 Å². The first-order valence-electron chi connectivity index (χ1n) is 14.2.